The molecule has 15 heavy (non-hydrogen) atoms. The Balaban J connectivity index is 1.64. The maximum Gasteiger partial charge on any atom is 0.126 e. The van der Waals surface area contributed by atoms with E-state index in [4.69, 9.17) is 0 Å². The van der Waals surface area contributed by atoms with Gasteiger partial charge >= 0.3 is 0 Å². The third kappa shape index (κ3) is 1.85. The SMILES string of the molecule is c1cc2c(nc1NCC1CCC1)CCC2. The van der Waals surface area contributed by atoms with Crippen molar-refractivity contribution >= 4 is 5.82 Å². The van der Waals surface area contributed by atoms with Crippen LogP contribution in [-0.4, -0.2) is 11.5 Å². The van der Waals surface area contributed by atoms with Crippen molar-refractivity contribution in [1.82, 2.24) is 4.98 Å². The number of hydrogen-bond donors (Lipinski definition) is 1. The lowest BCUT2D eigenvalue weighted by molar-refractivity contribution is 0.333. The van der Waals surface area contributed by atoms with Crippen LogP contribution in [0.4, 0.5) is 5.82 Å². The molecular formula is C13H18N2. The molecule has 2 heteroatoms. The molecule has 0 saturated heterocycles. The fourth-order valence-corrected chi connectivity index (χ4v) is 2.46. The van der Waals surface area contributed by atoms with E-state index < -0.39 is 0 Å². The average molecular weight is 202 g/mol. The van der Waals surface area contributed by atoms with Crippen molar-refractivity contribution in [2.45, 2.75) is 38.5 Å². The van der Waals surface area contributed by atoms with Gasteiger partial charge in [0.1, 0.15) is 5.82 Å². The van der Waals surface area contributed by atoms with E-state index in [0.717, 1.165) is 18.3 Å². The molecule has 1 N–H and O–H groups in total. The van der Waals surface area contributed by atoms with Crippen LogP contribution in [0.25, 0.3) is 0 Å². The van der Waals surface area contributed by atoms with Crippen LogP contribution < -0.4 is 5.32 Å². The summed E-state index contributed by atoms with van der Waals surface area (Å²) in [6, 6.07) is 4.39. The van der Waals surface area contributed by atoms with Gasteiger partial charge in [0.15, 0.2) is 0 Å². The molecule has 2 nitrogen and oxygen atoms in total. The molecule has 0 aliphatic heterocycles. The standard InChI is InChI=1S/C13H18N2/c1-3-10(4-1)9-14-13-8-7-11-5-2-6-12(11)15-13/h7-8,10H,1-6,9H2,(H,14,15). The van der Waals surface area contributed by atoms with Crippen LogP contribution in [0.1, 0.15) is 36.9 Å². The van der Waals surface area contributed by atoms with Gasteiger partial charge in [-0.15, -0.1) is 0 Å². The first-order valence-electron chi connectivity index (χ1n) is 6.14. The Morgan fingerprint density at radius 3 is 2.93 bits per heavy atom. The molecule has 80 valence electrons. The fraction of sp³-hybridized carbons (Fsp3) is 0.615. The molecule has 0 spiro atoms. The van der Waals surface area contributed by atoms with Crippen molar-refractivity contribution in [2.75, 3.05) is 11.9 Å². The molecule has 2 aliphatic carbocycles. The molecule has 0 radical (unpaired) electrons. The lowest BCUT2D eigenvalue weighted by atomic mass is 9.85. The van der Waals surface area contributed by atoms with Crippen molar-refractivity contribution in [1.29, 1.82) is 0 Å². The zero-order chi connectivity index (χ0) is 10.1. The van der Waals surface area contributed by atoms with Crippen molar-refractivity contribution < 1.29 is 0 Å². The predicted octanol–water partition coefficient (Wildman–Crippen LogP) is 2.78. The summed E-state index contributed by atoms with van der Waals surface area (Å²) < 4.78 is 0. The van der Waals surface area contributed by atoms with E-state index in [0.29, 0.717) is 0 Å². The zero-order valence-electron chi connectivity index (χ0n) is 9.13. The van der Waals surface area contributed by atoms with Crippen LogP contribution in [0, 0.1) is 5.92 Å². The number of anilines is 1. The van der Waals surface area contributed by atoms with E-state index in [1.807, 2.05) is 0 Å². The van der Waals surface area contributed by atoms with Gasteiger partial charge in [-0.25, -0.2) is 4.98 Å². The summed E-state index contributed by atoms with van der Waals surface area (Å²) in [4.78, 5) is 4.67. The van der Waals surface area contributed by atoms with Crippen LogP contribution in [0.5, 0.6) is 0 Å². The quantitative estimate of drug-likeness (QED) is 0.815. The van der Waals surface area contributed by atoms with Gasteiger partial charge in [-0.2, -0.15) is 0 Å². The highest BCUT2D eigenvalue weighted by molar-refractivity contribution is 5.40. The monoisotopic (exact) mass is 202 g/mol. The van der Waals surface area contributed by atoms with Crippen LogP contribution in [-0.2, 0) is 12.8 Å². The summed E-state index contributed by atoms with van der Waals surface area (Å²) in [5.41, 5.74) is 2.79. The minimum atomic E-state index is 0.903. The second-order valence-electron chi connectivity index (χ2n) is 4.83. The first-order valence-corrected chi connectivity index (χ1v) is 6.14. The van der Waals surface area contributed by atoms with Crippen molar-refractivity contribution in [3.05, 3.63) is 23.4 Å². The van der Waals surface area contributed by atoms with Crippen LogP contribution in [0.3, 0.4) is 0 Å². The van der Waals surface area contributed by atoms with E-state index in [1.54, 1.807) is 0 Å². The van der Waals surface area contributed by atoms with Gasteiger partial charge in [0.25, 0.3) is 0 Å². The number of pyridine rings is 1. The van der Waals surface area contributed by atoms with E-state index in [2.05, 4.69) is 22.4 Å². The number of aryl methyl sites for hydroxylation is 2. The minimum absolute atomic E-state index is 0.903. The van der Waals surface area contributed by atoms with Crippen LogP contribution in [0.2, 0.25) is 0 Å². The summed E-state index contributed by atoms with van der Waals surface area (Å²) >= 11 is 0. The van der Waals surface area contributed by atoms with Crippen molar-refractivity contribution in [3.8, 4) is 0 Å². The maximum atomic E-state index is 4.67. The van der Waals surface area contributed by atoms with Crippen LogP contribution in [0.15, 0.2) is 12.1 Å². The van der Waals surface area contributed by atoms with Crippen molar-refractivity contribution in [3.63, 3.8) is 0 Å². The highest BCUT2D eigenvalue weighted by Crippen LogP contribution is 2.27. The number of fused-ring (bicyclic) bond motifs is 1. The number of hydrogen-bond acceptors (Lipinski definition) is 2. The second-order valence-corrected chi connectivity index (χ2v) is 4.83. The first kappa shape index (κ1) is 9.20. The minimum Gasteiger partial charge on any atom is -0.370 e. The molecule has 1 fully saturated rings. The number of nitrogens with one attached hydrogen (secondary N) is 1. The zero-order valence-corrected chi connectivity index (χ0v) is 9.13. The number of rotatable bonds is 3. The van der Waals surface area contributed by atoms with Gasteiger partial charge in [-0.3, -0.25) is 0 Å². The molecule has 1 heterocycles. The highest BCUT2D eigenvalue weighted by atomic mass is 15.0. The Morgan fingerprint density at radius 2 is 2.13 bits per heavy atom. The summed E-state index contributed by atoms with van der Waals surface area (Å²) in [6.07, 6.45) is 7.91. The topological polar surface area (TPSA) is 24.9 Å². The van der Waals surface area contributed by atoms with E-state index in [9.17, 15) is 0 Å². The largest absolute Gasteiger partial charge is 0.370 e. The van der Waals surface area contributed by atoms with E-state index in [-0.39, 0.29) is 0 Å². The molecule has 0 aromatic carbocycles. The van der Waals surface area contributed by atoms with Gasteiger partial charge < -0.3 is 5.32 Å². The smallest absolute Gasteiger partial charge is 0.126 e. The van der Waals surface area contributed by atoms with Crippen molar-refractivity contribution in [2.24, 2.45) is 5.92 Å². The molecule has 0 unspecified atom stereocenters. The molecule has 1 aromatic heterocycles. The molecule has 1 saturated carbocycles. The van der Waals surface area contributed by atoms with Crippen LogP contribution >= 0.6 is 0 Å². The van der Waals surface area contributed by atoms with Gasteiger partial charge in [0, 0.05) is 12.2 Å². The molecule has 3 rings (SSSR count). The summed E-state index contributed by atoms with van der Waals surface area (Å²) in [5.74, 6) is 1.99. The maximum absolute atomic E-state index is 4.67. The summed E-state index contributed by atoms with van der Waals surface area (Å²) in [7, 11) is 0. The third-order valence-corrected chi connectivity index (χ3v) is 3.72. The number of nitrogens with zero attached hydrogens (tertiary/aromatic N) is 1. The molecule has 2 aliphatic rings. The molecule has 0 atom stereocenters. The Bertz CT molecular complexity index is 356. The Labute approximate surface area is 91.1 Å². The summed E-state index contributed by atoms with van der Waals surface area (Å²) in [5, 5.41) is 3.47. The molecule has 0 amide bonds. The van der Waals surface area contributed by atoms with E-state index >= 15 is 0 Å². The Morgan fingerprint density at radius 1 is 1.20 bits per heavy atom. The Hall–Kier alpha value is -1.05. The lowest BCUT2D eigenvalue weighted by Gasteiger charge is -2.25. The van der Waals surface area contributed by atoms with Gasteiger partial charge in [0.2, 0.25) is 0 Å². The molecular weight excluding hydrogens is 184 g/mol. The summed E-state index contributed by atoms with van der Waals surface area (Å²) in [6.45, 7) is 1.12. The predicted molar refractivity (Wildman–Crippen MR) is 62.1 cm³/mol. The normalized spacial score (nSPS) is 19.7. The average Bonchev–Trinajstić information content (AvgIpc) is 2.62. The molecule has 1 aromatic rings. The second kappa shape index (κ2) is 3.84. The van der Waals surface area contributed by atoms with Gasteiger partial charge in [-0.1, -0.05) is 12.5 Å². The lowest BCUT2D eigenvalue weighted by Crippen LogP contribution is -2.21. The molecule has 0 bridgehead atoms. The van der Waals surface area contributed by atoms with E-state index in [1.165, 1.54) is 49.8 Å². The van der Waals surface area contributed by atoms with Gasteiger partial charge in [-0.05, 0) is 49.7 Å². The fourth-order valence-electron chi connectivity index (χ4n) is 2.46. The number of aromatic nitrogens is 1. The Kier molecular flexibility index (Phi) is 2.35. The first-order chi connectivity index (χ1) is 7.42. The van der Waals surface area contributed by atoms with Gasteiger partial charge in [0.05, 0.1) is 0 Å². The third-order valence-electron chi connectivity index (χ3n) is 3.72. The highest BCUT2D eigenvalue weighted by Gasteiger charge is 2.17.